The van der Waals surface area contributed by atoms with Crippen molar-refractivity contribution in [1.82, 2.24) is 4.90 Å². The van der Waals surface area contributed by atoms with Gasteiger partial charge in [-0.15, -0.1) is 0 Å². The van der Waals surface area contributed by atoms with E-state index in [2.05, 4.69) is 25.7 Å². The molecule has 2 heterocycles. The summed E-state index contributed by atoms with van der Waals surface area (Å²) in [4.78, 5) is 2.69. The van der Waals surface area contributed by atoms with Gasteiger partial charge in [0.25, 0.3) is 0 Å². The lowest BCUT2D eigenvalue weighted by atomic mass is 9.81. The van der Waals surface area contributed by atoms with Crippen molar-refractivity contribution in [1.29, 1.82) is 0 Å². The molecule has 0 aromatic heterocycles. The Labute approximate surface area is 81.8 Å². The molecular formula is C12H21N. The van der Waals surface area contributed by atoms with E-state index in [0.717, 1.165) is 12.0 Å². The fourth-order valence-electron chi connectivity index (χ4n) is 2.89. The highest BCUT2D eigenvalue weighted by molar-refractivity contribution is 5.20. The van der Waals surface area contributed by atoms with Crippen molar-refractivity contribution in [3.8, 4) is 0 Å². The largest absolute Gasteiger partial charge is 0.296 e. The van der Waals surface area contributed by atoms with E-state index in [0.29, 0.717) is 0 Å². The molecule has 1 heteroatoms. The van der Waals surface area contributed by atoms with E-state index in [1.165, 1.54) is 32.4 Å². The van der Waals surface area contributed by atoms with Crippen LogP contribution in [-0.4, -0.2) is 24.0 Å². The first-order valence-electron chi connectivity index (χ1n) is 5.60. The monoisotopic (exact) mass is 179 g/mol. The number of hydrogen-bond acceptors (Lipinski definition) is 1. The lowest BCUT2D eigenvalue weighted by Gasteiger charge is -2.44. The maximum Gasteiger partial charge on any atom is 0.0195 e. The second kappa shape index (κ2) is 3.45. The Bertz CT molecular complexity index is 229. The van der Waals surface area contributed by atoms with Gasteiger partial charge in [0.05, 0.1) is 0 Å². The van der Waals surface area contributed by atoms with Gasteiger partial charge in [-0.05, 0) is 39.2 Å². The van der Waals surface area contributed by atoms with Gasteiger partial charge in [-0.25, -0.2) is 0 Å². The van der Waals surface area contributed by atoms with Crippen molar-refractivity contribution in [2.45, 2.75) is 46.1 Å². The maximum absolute atomic E-state index is 2.69. The van der Waals surface area contributed by atoms with Crippen LogP contribution in [0.15, 0.2) is 11.1 Å². The summed E-state index contributed by atoms with van der Waals surface area (Å²) in [6, 6.07) is 0.859. The Hall–Kier alpha value is -0.300. The molecule has 0 spiro atoms. The van der Waals surface area contributed by atoms with E-state index in [9.17, 15) is 0 Å². The molecule has 0 radical (unpaired) electrons. The number of piperidine rings is 1. The lowest BCUT2D eigenvalue weighted by Crippen LogP contribution is -2.47. The smallest absolute Gasteiger partial charge is 0.0195 e. The third kappa shape index (κ3) is 1.54. The number of hydrogen-bond donors (Lipinski definition) is 0. The second-order valence-corrected chi connectivity index (χ2v) is 4.79. The number of fused-ring (bicyclic) bond motifs is 1. The molecule has 0 aromatic carbocycles. The minimum Gasteiger partial charge on any atom is -0.296 e. The van der Waals surface area contributed by atoms with Gasteiger partial charge in [-0.2, -0.15) is 0 Å². The zero-order valence-corrected chi connectivity index (χ0v) is 9.14. The normalized spacial score (nSPS) is 36.2. The van der Waals surface area contributed by atoms with Crippen LogP contribution in [0.1, 0.15) is 40.0 Å². The molecule has 0 N–H and O–H groups in total. The molecule has 2 rings (SSSR count). The van der Waals surface area contributed by atoms with E-state index in [1.807, 2.05) is 0 Å². The molecule has 0 aliphatic carbocycles. The molecule has 0 amide bonds. The highest BCUT2D eigenvalue weighted by Crippen LogP contribution is 2.33. The molecule has 1 fully saturated rings. The van der Waals surface area contributed by atoms with Crippen molar-refractivity contribution >= 4 is 0 Å². The fraction of sp³-hybridized carbons (Fsp3) is 0.833. The van der Waals surface area contributed by atoms with Crippen molar-refractivity contribution in [3.63, 3.8) is 0 Å². The van der Waals surface area contributed by atoms with Crippen LogP contribution in [0.4, 0.5) is 0 Å². The number of rotatable bonds is 0. The van der Waals surface area contributed by atoms with Crippen molar-refractivity contribution in [3.05, 3.63) is 11.1 Å². The maximum atomic E-state index is 2.69. The van der Waals surface area contributed by atoms with Crippen LogP contribution in [0.2, 0.25) is 0 Å². The Morgan fingerprint density at radius 1 is 1.23 bits per heavy atom. The molecule has 0 saturated carbocycles. The fourth-order valence-corrected chi connectivity index (χ4v) is 2.89. The molecule has 2 atom stereocenters. The lowest BCUT2D eigenvalue weighted by molar-refractivity contribution is 0.115. The second-order valence-electron chi connectivity index (χ2n) is 4.79. The summed E-state index contributed by atoms with van der Waals surface area (Å²) in [6.45, 7) is 9.60. The molecule has 13 heavy (non-hydrogen) atoms. The molecule has 0 aromatic rings. The molecule has 1 nitrogen and oxygen atoms in total. The number of nitrogens with zero attached hydrogens (tertiary/aromatic N) is 1. The molecule has 0 bridgehead atoms. The highest BCUT2D eigenvalue weighted by Gasteiger charge is 2.32. The van der Waals surface area contributed by atoms with Crippen LogP contribution in [0.5, 0.6) is 0 Å². The summed E-state index contributed by atoms with van der Waals surface area (Å²) < 4.78 is 0. The van der Waals surface area contributed by atoms with Crippen molar-refractivity contribution in [2.75, 3.05) is 13.1 Å². The van der Waals surface area contributed by atoms with E-state index in [4.69, 9.17) is 0 Å². The first-order chi connectivity index (χ1) is 6.20. The standard InChI is InChI=1S/C12H21N/c1-9-8-13-7-5-4-6-12(13)11(3)10(9)2/h11-12H,4-8H2,1-3H3. The Morgan fingerprint density at radius 2 is 2.00 bits per heavy atom. The quantitative estimate of drug-likeness (QED) is 0.517. The van der Waals surface area contributed by atoms with E-state index in [1.54, 1.807) is 11.1 Å². The molecule has 2 aliphatic rings. The molecule has 74 valence electrons. The molecule has 2 unspecified atom stereocenters. The summed E-state index contributed by atoms with van der Waals surface area (Å²) in [5, 5.41) is 0. The van der Waals surface area contributed by atoms with Gasteiger partial charge < -0.3 is 0 Å². The van der Waals surface area contributed by atoms with Crippen LogP contribution >= 0.6 is 0 Å². The van der Waals surface area contributed by atoms with Crippen LogP contribution in [0.25, 0.3) is 0 Å². The van der Waals surface area contributed by atoms with Gasteiger partial charge in [0.15, 0.2) is 0 Å². The molecule has 1 saturated heterocycles. The Morgan fingerprint density at radius 3 is 2.77 bits per heavy atom. The summed E-state index contributed by atoms with van der Waals surface area (Å²) in [5.74, 6) is 0.800. The Balaban J connectivity index is 2.20. The zero-order valence-electron chi connectivity index (χ0n) is 9.14. The summed E-state index contributed by atoms with van der Waals surface area (Å²) >= 11 is 0. The third-order valence-corrected chi connectivity index (χ3v) is 4.04. The van der Waals surface area contributed by atoms with Gasteiger partial charge in [-0.1, -0.05) is 24.5 Å². The van der Waals surface area contributed by atoms with Crippen LogP contribution in [0, 0.1) is 5.92 Å². The predicted molar refractivity (Wildman–Crippen MR) is 56.8 cm³/mol. The average molecular weight is 179 g/mol. The molecular weight excluding hydrogens is 158 g/mol. The van der Waals surface area contributed by atoms with E-state index >= 15 is 0 Å². The van der Waals surface area contributed by atoms with Crippen LogP contribution < -0.4 is 0 Å². The average Bonchev–Trinajstić information content (AvgIpc) is 2.15. The third-order valence-electron chi connectivity index (χ3n) is 4.04. The first kappa shape index (κ1) is 9.26. The van der Waals surface area contributed by atoms with E-state index < -0.39 is 0 Å². The van der Waals surface area contributed by atoms with Crippen molar-refractivity contribution in [2.24, 2.45) is 5.92 Å². The summed E-state index contributed by atoms with van der Waals surface area (Å²) in [7, 11) is 0. The van der Waals surface area contributed by atoms with Gasteiger partial charge in [0.1, 0.15) is 0 Å². The van der Waals surface area contributed by atoms with Crippen LogP contribution in [0.3, 0.4) is 0 Å². The van der Waals surface area contributed by atoms with E-state index in [-0.39, 0.29) is 0 Å². The Kier molecular flexibility index (Phi) is 2.46. The summed E-state index contributed by atoms with van der Waals surface area (Å²) in [5.41, 5.74) is 3.27. The highest BCUT2D eigenvalue weighted by atomic mass is 15.2. The van der Waals surface area contributed by atoms with Crippen molar-refractivity contribution < 1.29 is 0 Å². The van der Waals surface area contributed by atoms with Gasteiger partial charge >= 0.3 is 0 Å². The molecule has 2 aliphatic heterocycles. The summed E-state index contributed by atoms with van der Waals surface area (Å²) in [6.07, 6.45) is 4.28. The SMILES string of the molecule is CC1=C(C)C(C)C2CCCCN2C1. The van der Waals surface area contributed by atoms with Gasteiger partial charge in [0, 0.05) is 12.6 Å². The minimum absolute atomic E-state index is 0.800. The van der Waals surface area contributed by atoms with Crippen LogP contribution in [-0.2, 0) is 0 Å². The minimum atomic E-state index is 0.800. The zero-order chi connectivity index (χ0) is 9.42. The van der Waals surface area contributed by atoms with Gasteiger partial charge in [0.2, 0.25) is 0 Å². The van der Waals surface area contributed by atoms with Gasteiger partial charge in [-0.3, -0.25) is 4.90 Å². The predicted octanol–water partition coefficient (Wildman–Crippen LogP) is 2.83. The topological polar surface area (TPSA) is 3.24 Å². The first-order valence-corrected chi connectivity index (χ1v) is 5.60.